The highest BCUT2D eigenvalue weighted by atomic mass is 32.1. The molecule has 2 heterocycles. The fraction of sp³-hybridized carbons (Fsp3) is 0.273. The molecule has 28 heavy (non-hydrogen) atoms. The number of carbonyl (C=O) groups is 1. The van der Waals surface area contributed by atoms with Crippen molar-refractivity contribution in [1.29, 1.82) is 0 Å². The number of hydrogen-bond acceptors (Lipinski definition) is 5. The number of hydrogen-bond donors (Lipinski definition) is 0. The second-order valence-electron chi connectivity index (χ2n) is 6.66. The Hall–Kier alpha value is -2.70. The topological polar surface area (TPSA) is 51.7 Å². The molecule has 1 aliphatic rings. The summed E-state index contributed by atoms with van der Waals surface area (Å²) < 4.78 is 11.1. The number of aromatic nitrogens is 1. The van der Waals surface area contributed by atoms with Crippen molar-refractivity contribution in [3.8, 4) is 16.3 Å². The summed E-state index contributed by atoms with van der Waals surface area (Å²) in [4.78, 5) is 19.3. The summed E-state index contributed by atoms with van der Waals surface area (Å²) in [5, 5.41) is 2.85. The van der Waals surface area contributed by atoms with Gasteiger partial charge in [0.2, 0.25) is 5.91 Å². The highest BCUT2D eigenvalue weighted by molar-refractivity contribution is 7.13. The van der Waals surface area contributed by atoms with E-state index in [-0.39, 0.29) is 12.0 Å². The van der Waals surface area contributed by atoms with Gasteiger partial charge in [-0.3, -0.25) is 4.79 Å². The minimum Gasteiger partial charge on any atom is -0.497 e. The van der Waals surface area contributed by atoms with Crippen LogP contribution in [0.5, 0.6) is 5.75 Å². The molecule has 0 N–H and O–H groups in total. The number of morpholine rings is 1. The number of benzene rings is 2. The molecule has 1 saturated heterocycles. The van der Waals surface area contributed by atoms with E-state index in [0.29, 0.717) is 26.1 Å². The van der Waals surface area contributed by atoms with Gasteiger partial charge < -0.3 is 14.4 Å². The maximum absolute atomic E-state index is 12.8. The van der Waals surface area contributed by atoms with Gasteiger partial charge in [0.25, 0.3) is 0 Å². The zero-order chi connectivity index (χ0) is 19.3. The van der Waals surface area contributed by atoms with E-state index in [1.807, 2.05) is 64.9 Å². The summed E-state index contributed by atoms with van der Waals surface area (Å²) in [7, 11) is 1.65. The van der Waals surface area contributed by atoms with E-state index in [0.717, 1.165) is 27.6 Å². The standard InChI is InChI=1S/C22H22N2O3S/c1-26-19-9-5-8-17(12-19)22-23-18(15-28-22)13-21(25)24-10-11-27-20(14-24)16-6-3-2-4-7-16/h2-9,12,15,20H,10-11,13-14H2,1H3. The molecule has 0 saturated carbocycles. The molecule has 1 aliphatic heterocycles. The van der Waals surface area contributed by atoms with Crippen LogP contribution >= 0.6 is 11.3 Å². The van der Waals surface area contributed by atoms with Crippen LogP contribution in [0.2, 0.25) is 0 Å². The van der Waals surface area contributed by atoms with E-state index < -0.39 is 0 Å². The third-order valence-corrected chi connectivity index (χ3v) is 5.73. The van der Waals surface area contributed by atoms with E-state index in [2.05, 4.69) is 4.98 Å². The minimum absolute atomic E-state index is 0.0679. The summed E-state index contributed by atoms with van der Waals surface area (Å²) in [5.74, 6) is 0.886. The van der Waals surface area contributed by atoms with Gasteiger partial charge in [0.1, 0.15) is 16.9 Å². The van der Waals surface area contributed by atoms with Crippen LogP contribution in [0.3, 0.4) is 0 Å². The smallest absolute Gasteiger partial charge is 0.228 e. The van der Waals surface area contributed by atoms with Crippen molar-refractivity contribution in [1.82, 2.24) is 9.88 Å². The first kappa shape index (κ1) is 18.7. The van der Waals surface area contributed by atoms with E-state index in [9.17, 15) is 4.79 Å². The van der Waals surface area contributed by atoms with Gasteiger partial charge in [-0.25, -0.2) is 4.98 Å². The van der Waals surface area contributed by atoms with Gasteiger partial charge in [0.05, 0.1) is 32.4 Å². The Balaban J connectivity index is 1.42. The molecule has 0 radical (unpaired) electrons. The fourth-order valence-electron chi connectivity index (χ4n) is 3.29. The van der Waals surface area contributed by atoms with Crippen LogP contribution in [0.15, 0.2) is 60.0 Å². The molecular formula is C22H22N2O3S. The normalized spacial score (nSPS) is 16.8. The molecular weight excluding hydrogens is 372 g/mol. The lowest BCUT2D eigenvalue weighted by molar-refractivity contribution is -0.138. The summed E-state index contributed by atoms with van der Waals surface area (Å²) in [5.41, 5.74) is 2.91. The van der Waals surface area contributed by atoms with Gasteiger partial charge in [-0.15, -0.1) is 11.3 Å². The van der Waals surface area contributed by atoms with E-state index in [4.69, 9.17) is 9.47 Å². The summed E-state index contributed by atoms with van der Waals surface area (Å²) in [6.07, 6.45) is 0.240. The predicted molar refractivity (Wildman–Crippen MR) is 110 cm³/mol. The molecule has 3 aromatic rings. The molecule has 2 aromatic carbocycles. The van der Waals surface area contributed by atoms with Gasteiger partial charge >= 0.3 is 0 Å². The number of methoxy groups -OCH3 is 1. The third-order valence-electron chi connectivity index (χ3n) is 4.79. The van der Waals surface area contributed by atoms with Gasteiger partial charge in [-0.05, 0) is 17.7 Å². The minimum atomic E-state index is -0.0679. The molecule has 0 aliphatic carbocycles. The van der Waals surface area contributed by atoms with Crippen LogP contribution in [0.4, 0.5) is 0 Å². The number of thiazole rings is 1. The summed E-state index contributed by atoms with van der Waals surface area (Å²) >= 11 is 1.55. The van der Waals surface area contributed by atoms with Crippen molar-refractivity contribution in [3.63, 3.8) is 0 Å². The molecule has 144 valence electrons. The zero-order valence-corrected chi connectivity index (χ0v) is 16.5. The van der Waals surface area contributed by atoms with Crippen LogP contribution in [-0.4, -0.2) is 42.6 Å². The Bertz CT molecular complexity index is 942. The monoisotopic (exact) mass is 394 g/mol. The molecule has 1 atom stereocenters. The first-order valence-corrected chi connectivity index (χ1v) is 10.1. The Morgan fingerprint density at radius 1 is 1.25 bits per heavy atom. The molecule has 6 heteroatoms. The number of rotatable bonds is 5. The molecule has 1 fully saturated rings. The number of carbonyl (C=O) groups excluding carboxylic acids is 1. The van der Waals surface area contributed by atoms with E-state index >= 15 is 0 Å². The van der Waals surface area contributed by atoms with Gasteiger partial charge in [-0.2, -0.15) is 0 Å². The van der Waals surface area contributed by atoms with E-state index in [1.54, 1.807) is 18.4 Å². The van der Waals surface area contributed by atoms with E-state index in [1.165, 1.54) is 0 Å². The maximum Gasteiger partial charge on any atom is 0.228 e. The van der Waals surface area contributed by atoms with Crippen LogP contribution in [0.25, 0.3) is 10.6 Å². The van der Waals surface area contributed by atoms with Crippen LogP contribution < -0.4 is 4.74 Å². The molecule has 4 rings (SSSR count). The SMILES string of the molecule is COc1cccc(-c2nc(CC(=O)N3CCOC(c4ccccc4)C3)cs2)c1. The Morgan fingerprint density at radius 3 is 2.93 bits per heavy atom. The molecule has 1 amide bonds. The first-order chi connectivity index (χ1) is 13.7. The Morgan fingerprint density at radius 2 is 2.11 bits per heavy atom. The van der Waals surface area contributed by atoms with Crippen molar-refractivity contribution in [3.05, 3.63) is 71.2 Å². The molecule has 0 bridgehead atoms. The van der Waals surface area contributed by atoms with Crippen molar-refractivity contribution in [2.75, 3.05) is 26.8 Å². The van der Waals surface area contributed by atoms with Crippen molar-refractivity contribution in [2.24, 2.45) is 0 Å². The van der Waals surface area contributed by atoms with Gasteiger partial charge in [0.15, 0.2) is 0 Å². The fourth-order valence-corrected chi connectivity index (χ4v) is 4.11. The number of nitrogens with zero attached hydrogens (tertiary/aromatic N) is 2. The van der Waals surface area contributed by atoms with Crippen molar-refractivity contribution < 1.29 is 14.3 Å². The Kier molecular flexibility index (Phi) is 5.69. The second-order valence-corrected chi connectivity index (χ2v) is 7.52. The Labute approximate surface area is 168 Å². The molecule has 1 aromatic heterocycles. The maximum atomic E-state index is 12.8. The van der Waals surface area contributed by atoms with Crippen molar-refractivity contribution >= 4 is 17.2 Å². The lowest BCUT2D eigenvalue weighted by Gasteiger charge is -2.33. The molecule has 5 nitrogen and oxygen atoms in total. The predicted octanol–water partition coefficient (Wildman–Crippen LogP) is 3.96. The second kappa shape index (κ2) is 8.54. The van der Waals surface area contributed by atoms with Gasteiger partial charge in [-0.1, -0.05) is 42.5 Å². The summed E-state index contributed by atoms with van der Waals surface area (Å²) in [6.45, 7) is 1.75. The highest BCUT2D eigenvalue weighted by Gasteiger charge is 2.25. The number of amides is 1. The number of ether oxygens (including phenoxy) is 2. The molecule has 0 spiro atoms. The zero-order valence-electron chi connectivity index (χ0n) is 15.7. The first-order valence-electron chi connectivity index (χ1n) is 9.26. The lowest BCUT2D eigenvalue weighted by atomic mass is 10.1. The average molecular weight is 394 g/mol. The van der Waals surface area contributed by atoms with Crippen LogP contribution in [-0.2, 0) is 16.0 Å². The lowest BCUT2D eigenvalue weighted by Crippen LogP contribution is -2.43. The largest absolute Gasteiger partial charge is 0.497 e. The van der Waals surface area contributed by atoms with Crippen molar-refractivity contribution in [2.45, 2.75) is 12.5 Å². The summed E-state index contributed by atoms with van der Waals surface area (Å²) in [6, 6.07) is 17.9. The average Bonchev–Trinajstić information content (AvgIpc) is 3.23. The van der Waals surface area contributed by atoms with Crippen LogP contribution in [0.1, 0.15) is 17.4 Å². The highest BCUT2D eigenvalue weighted by Crippen LogP contribution is 2.27. The third kappa shape index (κ3) is 4.24. The van der Waals surface area contributed by atoms with Gasteiger partial charge in [0, 0.05) is 17.5 Å². The molecule has 1 unspecified atom stereocenters. The van der Waals surface area contributed by atoms with Crippen LogP contribution in [0, 0.1) is 0 Å². The quantitative estimate of drug-likeness (QED) is 0.657.